The number of carbonyl (C=O) groups is 1. The maximum atomic E-state index is 12.8. The Morgan fingerprint density at radius 3 is 2.41 bits per heavy atom. The van der Waals surface area contributed by atoms with Crippen LogP contribution in [0.5, 0.6) is 5.75 Å². The van der Waals surface area contributed by atoms with Crippen molar-refractivity contribution >= 4 is 21.6 Å². The van der Waals surface area contributed by atoms with E-state index in [-0.39, 0.29) is 18.5 Å². The summed E-state index contributed by atoms with van der Waals surface area (Å²) in [5.41, 5.74) is 2.34. The lowest BCUT2D eigenvalue weighted by Gasteiger charge is -2.35. The van der Waals surface area contributed by atoms with Crippen LogP contribution in [0.4, 0.5) is 5.69 Å². The van der Waals surface area contributed by atoms with Gasteiger partial charge in [-0.05, 0) is 36.2 Å². The van der Waals surface area contributed by atoms with Crippen LogP contribution in [-0.4, -0.2) is 72.0 Å². The highest BCUT2D eigenvalue weighted by molar-refractivity contribution is 7.92. The maximum absolute atomic E-state index is 12.8. The fourth-order valence-corrected chi connectivity index (χ4v) is 4.71. The van der Waals surface area contributed by atoms with Crippen molar-refractivity contribution < 1.29 is 22.7 Å². The van der Waals surface area contributed by atoms with Crippen molar-refractivity contribution in [1.29, 1.82) is 0 Å². The minimum Gasteiger partial charge on any atom is -0.497 e. The lowest BCUT2D eigenvalue weighted by molar-refractivity contribution is -0.120. The van der Waals surface area contributed by atoms with E-state index in [9.17, 15) is 13.2 Å². The number of ether oxygens (including phenoxy) is 2. The van der Waals surface area contributed by atoms with Crippen molar-refractivity contribution in [3.63, 3.8) is 0 Å². The third-order valence-electron chi connectivity index (χ3n) is 5.55. The third kappa shape index (κ3) is 6.21. The van der Waals surface area contributed by atoms with Crippen LogP contribution < -0.4 is 14.4 Å². The van der Waals surface area contributed by atoms with Crippen LogP contribution in [0.1, 0.15) is 17.2 Å². The fraction of sp³-hybridized carbons (Fsp3) is 0.435. The Morgan fingerprint density at radius 2 is 1.81 bits per heavy atom. The number of para-hydroxylation sites is 1. The van der Waals surface area contributed by atoms with E-state index in [1.807, 2.05) is 43.3 Å². The van der Waals surface area contributed by atoms with Gasteiger partial charge in [-0.3, -0.25) is 14.0 Å². The number of sulfonamides is 1. The number of anilines is 1. The SMILES string of the molecule is COc1ccc([C@@H](CNC(=O)CN(c2ccccc2C)S(C)(=O)=O)N2CCOCC2)cc1. The summed E-state index contributed by atoms with van der Waals surface area (Å²) < 4.78 is 36.7. The van der Waals surface area contributed by atoms with Gasteiger partial charge in [0.1, 0.15) is 12.3 Å². The van der Waals surface area contributed by atoms with Gasteiger partial charge in [0.25, 0.3) is 0 Å². The predicted octanol–water partition coefficient (Wildman–Crippen LogP) is 1.96. The molecule has 1 fully saturated rings. The Kier molecular flexibility index (Phi) is 8.11. The molecule has 2 aromatic rings. The van der Waals surface area contributed by atoms with E-state index in [2.05, 4.69) is 10.2 Å². The van der Waals surface area contributed by atoms with E-state index >= 15 is 0 Å². The fourth-order valence-electron chi connectivity index (χ4n) is 3.79. The molecule has 174 valence electrons. The Bertz CT molecular complexity index is 1000. The van der Waals surface area contributed by atoms with Gasteiger partial charge in [0.2, 0.25) is 15.9 Å². The molecule has 0 spiro atoms. The van der Waals surface area contributed by atoms with Crippen molar-refractivity contribution in [1.82, 2.24) is 10.2 Å². The first-order valence-electron chi connectivity index (χ1n) is 10.6. The van der Waals surface area contributed by atoms with Gasteiger partial charge in [-0.15, -0.1) is 0 Å². The molecule has 3 rings (SSSR count). The molecule has 0 bridgehead atoms. The number of methoxy groups -OCH3 is 1. The van der Waals surface area contributed by atoms with Crippen LogP contribution in [0.2, 0.25) is 0 Å². The summed E-state index contributed by atoms with van der Waals surface area (Å²) in [5.74, 6) is 0.408. The molecular formula is C23H31N3O5S. The van der Waals surface area contributed by atoms with E-state index < -0.39 is 10.0 Å². The van der Waals surface area contributed by atoms with E-state index in [0.29, 0.717) is 25.4 Å². The highest BCUT2D eigenvalue weighted by Gasteiger charge is 2.25. The number of hydrogen-bond donors (Lipinski definition) is 1. The Morgan fingerprint density at radius 1 is 1.16 bits per heavy atom. The van der Waals surface area contributed by atoms with Crippen molar-refractivity contribution in [2.45, 2.75) is 13.0 Å². The molecule has 1 aliphatic rings. The van der Waals surface area contributed by atoms with E-state index in [4.69, 9.17) is 9.47 Å². The molecule has 0 aliphatic carbocycles. The summed E-state index contributed by atoms with van der Waals surface area (Å²) in [6, 6.07) is 14.8. The third-order valence-corrected chi connectivity index (χ3v) is 6.68. The molecule has 1 saturated heterocycles. The number of hydrogen-bond acceptors (Lipinski definition) is 6. The number of nitrogens with zero attached hydrogens (tertiary/aromatic N) is 2. The first-order valence-corrected chi connectivity index (χ1v) is 12.4. The van der Waals surface area contributed by atoms with Crippen LogP contribution in [0.3, 0.4) is 0 Å². The number of nitrogens with one attached hydrogen (secondary N) is 1. The van der Waals surface area contributed by atoms with Crippen molar-refractivity contribution in [2.75, 3.05) is 57.1 Å². The summed E-state index contributed by atoms with van der Waals surface area (Å²) in [4.78, 5) is 15.1. The van der Waals surface area contributed by atoms with E-state index in [0.717, 1.165) is 40.5 Å². The molecule has 2 aromatic carbocycles. The first kappa shape index (κ1) is 24.0. The lowest BCUT2D eigenvalue weighted by atomic mass is 10.0. The minimum atomic E-state index is -3.62. The van der Waals surface area contributed by atoms with E-state index in [1.165, 1.54) is 0 Å². The number of benzene rings is 2. The number of morpholine rings is 1. The molecule has 1 heterocycles. The molecule has 0 radical (unpaired) electrons. The summed E-state index contributed by atoms with van der Waals surface area (Å²) in [6.07, 6.45) is 1.11. The second kappa shape index (κ2) is 10.8. The Hall–Kier alpha value is -2.62. The van der Waals surface area contributed by atoms with Gasteiger partial charge in [0.05, 0.1) is 38.3 Å². The zero-order chi connectivity index (χ0) is 23.1. The monoisotopic (exact) mass is 461 g/mol. The second-order valence-corrected chi connectivity index (χ2v) is 9.70. The molecule has 32 heavy (non-hydrogen) atoms. The smallest absolute Gasteiger partial charge is 0.240 e. The molecular weight excluding hydrogens is 430 g/mol. The number of aryl methyl sites for hydroxylation is 1. The number of amides is 1. The number of carbonyl (C=O) groups excluding carboxylic acids is 1. The van der Waals surface area contributed by atoms with E-state index in [1.54, 1.807) is 19.2 Å². The van der Waals surface area contributed by atoms with Crippen LogP contribution in [0.15, 0.2) is 48.5 Å². The van der Waals surface area contributed by atoms with Gasteiger partial charge in [-0.25, -0.2) is 8.42 Å². The Balaban J connectivity index is 1.74. The van der Waals surface area contributed by atoms with Gasteiger partial charge < -0.3 is 14.8 Å². The topological polar surface area (TPSA) is 88.2 Å². The van der Waals surface area contributed by atoms with Gasteiger partial charge >= 0.3 is 0 Å². The number of rotatable bonds is 9. The molecule has 0 aromatic heterocycles. The van der Waals surface area contributed by atoms with Gasteiger partial charge in [0.15, 0.2) is 0 Å². The molecule has 1 atom stereocenters. The lowest BCUT2D eigenvalue weighted by Crippen LogP contribution is -2.46. The van der Waals surface area contributed by atoms with Gasteiger partial charge in [-0.2, -0.15) is 0 Å². The summed E-state index contributed by atoms with van der Waals surface area (Å²) in [7, 11) is -2.00. The quantitative estimate of drug-likeness (QED) is 0.614. The molecule has 0 saturated carbocycles. The average molecular weight is 462 g/mol. The second-order valence-electron chi connectivity index (χ2n) is 7.80. The van der Waals surface area contributed by atoms with Gasteiger partial charge in [-0.1, -0.05) is 30.3 Å². The minimum absolute atomic E-state index is 0.0566. The Labute approximate surface area is 190 Å². The maximum Gasteiger partial charge on any atom is 0.240 e. The van der Waals surface area contributed by atoms with Gasteiger partial charge in [0, 0.05) is 19.6 Å². The zero-order valence-corrected chi connectivity index (χ0v) is 19.6. The van der Waals surface area contributed by atoms with Crippen LogP contribution in [0.25, 0.3) is 0 Å². The zero-order valence-electron chi connectivity index (χ0n) is 18.8. The van der Waals surface area contributed by atoms with Crippen molar-refractivity contribution in [3.8, 4) is 5.75 Å². The normalized spacial score (nSPS) is 15.7. The summed E-state index contributed by atoms with van der Waals surface area (Å²) in [6.45, 7) is 4.68. The van der Waals surface area contributed by atoms with Crippen molar-refractivity contribution in [3.05, 3.63) is 59.7 Å². The molecule has 0 unspecified atom stereocenters. The highest BCUT2D eigenvalue weighted by Crippen LogP contribution is 2.24. The van der Waals surface area contributed by atoms with Crippen LogP contribution >= 0.6 is 0 Å². The molecule has 8 nitrogen and oxygen atoms in total. The van der Waals surface area contributed by atoms with Crippen molar-refractivity contribution in [2.24, 2.45) is 0 Å². The predicted molar refractivity (Wildman–Crippen MR) is 125 cm³/mol. The van der Waals surface area contributed by atoms with Crippen LogP contribution in [-0.2, 0) is 19.6 Å². The average Bonchev–Trinajstić information content (AvgIpc) is 2.78. The largest absolute Gasteiger partial charge is 0.497 e. The summed E-state index contributed by atoms with van der Waals surface area (Å²) >= 11 is 0. The standard InChI is InChI=1S/C23H31N3O5S/c1-18-6-4-5-7-21(18)26(32(3,28)29)17-23(27)24-16-22(25-12-14-31-15-13-25)19-8-10-20(30-2)11-9-19/h4-11,22H,12-17H2,1-3H3,(H,24,27)/t22-/m1/s1. The first-order chi connectivity index (χ1) is 15.3. The molecule has 1 amide bonds. The highest BCUT2D eigenvalue weighted by atomic mass is 32.2. The molecule has 1 N–H and O–H groups in total. The molecule has 9 heteroatoms. The molecule has 1 aliphatic heterocycles. The van der Waals surface area contributed by atoms with Crippen LogP contribution in [0, 0.1) is 6.92 Å². The summed E-state index contributed by atoms with van der Waals surface area (Å²) in [5, 5.41) is 2.94.